The number of ketones is 1. The highest BCUT2D eigenvalue weighted by molar-refractivity contribution is 7.44. The molecule has 7 heteroatoms. The number of rotatable bonds is 13. The Morgan fingerprint density at radius 1 is 1.08 bits per heavy atom. The highest BCUT2D eigenvalue weighted by atomic mass is 31.2. The van der Waals surface area contributed by atoms with Crippen molar-refractivity contribution in [3.63, 3.8) is 0 Å². The molecule has 0 saturated heterocycles. The number of Topliss-reactive ketones (excluding diaryl/α,β-unsaturated/α-hetero) is 1. The molecular formula is C17H35N2O4P. The Labute approximate surface area is 148 Å². The molecule has 0 aromatic heterocycles. The van der Waals surface area contributed by atoms with Crippen LogP contribution in [0.5, 0.6) is 0 Å². The monoisotopic (exact) mass is 362 g/mol. The number of nitrogens with one attached hydrogen (secondary N) is 1. The van der Waals surface area contributed by atoms with E-state index in [-0.39, 0.29) is 29.9 Å². The number of amides is 1. The molecule has 0 spiro atoms. The van der Waals surface area contributed by atoms with E-state index in [1.54, 1.807) is 7.11 Å². The van der Waals surface area contributed by atoms with E-state index in [1.807, 2.05) is 13.8 Å². The van der Waals surface area contributed by atoms with Crippen LogP contribution in [-0.2, 0) is 18.6 Å². The summed E-state index contributed by atoms with van der Waals surface area (Å²) in [6, 6.07) is 0.554. The molecule has 24 heavy (non-hydrogen) atoms. The van der Waals surface area contributed by atoms with Crippen molar-refractivity contribution in [3.8, 4) is 0 Å². The lowest BCUT2D eigenvalue weighted by molar-refractivity contribution is -0.121. The fourth-order valence-electron chi connectivity index (χ4n) is 2.34. The van der Waals surface area contributed by atoms with Crippen LogP contribution >= 0.6 is 8.53 Å². The summed E-state index contributed by atoms with van der Waals surface area (Å²) >= 11 is 0. The van der Waals surface area contributed by atoms with Gasteiger partial charge >= 0.3 is 0 Å². The number of carbonyl (C=O) groups excluding carboxylic acids is 2. The average Bonchev–Trinajstić information content (AvgIpc) is 2.54. The minimum Gasteiger partial charge on any atom is -0.353 e. The summed E-state index contributed by atoms with van der Waals surface area (Å²) in [6.07, 6.45) is 1.77. The zero-order chi connectivity index (χ0) is 18.7. The maximum atomic E-state index is 11.6. The van der Waals surface area contributed by atoms with Gasteiger partial charge in [-0.2, -0.15) is 0 Å². The first-order valence-corrected chi connectivity index (χ1v) is 9.97. The normalized spacial score (nSPS) is 14.2. The molecule has 0 aliphatic rings. The van der Waals surface area contributed by atoms with Crippen molar-refractivity contribution >= 4 is 20.2 Å². The van der Waals surface area contributed by atoms with Gasteiger partial charge < -0.3 is 14.4 Å². The highest BCUT2D eigenvalue weighted by Crippen LogP contribution is 2.46. The molecule has 0 aromatic rings. The maximum absolute atomic E-state index is 11.6. The Balaban J connectivity index is 4.94. The van der Waals surface area contributed by atoms with Crippen molar-refractivity contribution in [1.82, 2.24) is 9.99 Å². The molecular weight excluding hydrogens is 327 g/mol. The predicted molar refractivity (Wildman–Crippen MR) is 98.7 cm³/mol. The zero-order valence-electron chi connectivity index (χ0n) is 16.3. The van der Waals surface area contributed by atoms with Gasteiger partial charge in [0.2, 0.25) is 5.91 Å². The molecule has 0 aromatic carbocycles. The van der Waals surface area contributed by atoms with Crippen LogP contribution in [-0.4, -0.2) is 48.2 Å². The first kappa shape index (κ1) is 23.4. The number of nitrogens with zero attached hydrogens (tertiary/aromatic N) is 1. The van der Waals surface area contributed by atoms with Crippen molar-refractivity contribution in [2.45, 2.75) is 85.4 Å². The molecule has 2 atom stereocenters. The third kappa shape index (κ3) is 9.07. The summed E-state index contributed by atoms with van der Waals surface area (Å²) < 4.78 is 14.0. The van der Waals surface area contributed by atoms with E-state index >= 15 is 0 Å². The molecule has 0 rings (SSSR count). The number of carbonyl (C=O) groups is 2. The molecule has 0 radical (unpaired) electrons. The molecule has 1 N–H and O–H groups in total. The van der Waals surface area contributed by atoms with E-state index in [4.69, 9.17) is 9.05 Å². The van der Waals surface area contributed by atoms with Crippen molar-refractivity contribution in [3.05, 3.63) is 0 Å². The molecule has 2 unspecified atom stereocenters. The average molecular weight is 362 g/mol. The van der Waals surface area contributed by atoms with Gasteiger partial charge in [-0.05, 0) is 34.1 Å². The Morgan fingerprint density at radius 2 is 1.67 bits per heavy atom. The minimum atomic E-state index is -1.24. The van der Waals surface area contributed by atoms with Crippen LogP contribution in [0.4, 0.5) is 0 Å². The number of hydrogen-bond donors (Lipinski definition) is 1. The van der Waals surface area contributed by atoms with Gasteiger partial charge in [0.15, 0.2) is 0 Å². The SMILES string of the molecule is CCC(=O)CCC(CNC(=O)CC)OP(OC)N(C(C)C)C(C)C. The minimum absolute atomic E-state index is 0.0169. The topological polar surface area (TPSA) is 67.9 Å². The number of hydrogen-bond acceptors (Lipinski definition) is 5. The molecule has 0 fully saturated rings. The fourth-order valence-corrected chi connectivity index (χ4v) is 3.91. The third-order valence-corrected chi connectivity index (χ3v) is 5.72. The highest BCUT2D eigenvalue weighted by Gasteiger charge is 2.29. The van der Waals surface area contributed by atoms with Gasteiger partial charge in [-0.1, -0.05) is 13.8 Å². The second-order valence-electron chi connectivity index (χ2n) is 6.30. The molecule has 0 heterocycles. The lowest BCUT2D eigenvalue weighted by Crippen LogP contribution is -2.37. The second-order valence-corrected chi connectivity index (χ2v) is 7.82. The smallest absolute Gasteiger partial charge is 0.259 e. The van der Waals surface area contributed by atoms with Gasteiger partial charge in [-0.25, -0.2) is 4.67 Å². The molecule has 142 valence electrons. The zero-order valence-corrected chi connectivity index (χ0v) is 17.2. The van der Waals surface area contributed by atoms with E-state index in [1.165, 1.54) is 0 Å². The summed E-state index contributed by atoms with van der Waals surface area (Å²) in [5.41, 5.74) is 0. The Bertz CT molecular complexity index is 350. The Hall–Kier alpha value is -0.550. The van der Waals surface area contributed by atoms with Gasteiger partial charge in [-0.3, -0.25) is 9.59 Å². The maximum Gasteiger partial charge on any atom is 0.259 e. The van der Waals surface area contributed by atoms with Crippen LogP contribution in [0.1, 0.15) is 67.2 Å². The summed E-state index contributed by atoms with van der Waals surface area (Å²) in [5.74, 6) is 0.188. The molecule has 0 aliphatic carbocycles. The van der Waals surface area contributed by atoms with Crippen molar-refractivity contribution in [2.75, 3.05) is 13.7 Å². The Morgan fingerprint density at radius 3 is 2.08 bits per heavy atom. The summed E-state index contributed by atoms with van der Waals surface area (Å²) in [4.78, 5) is 23.2. The van der Waals surface area contributed by atoms with Crippen LogP contribution in [0.2, 0.25) is 0 Å². The van der Waals surface area contributed by atoms with Gasteiger partial charge in [0, 0.05) is 45.0 Å². The van der Waals surface area contributed by atoms with Crippen molar-refractivity contribution in [2.24, 2.45) is 0 Å². The van der Waals surface area contributed by atoms with Gasteiger partial charge in [0.05, 0.1) is 6.10 Å². The summed E-state index contributed by atoms with van der Waals surface area (Å²) in [5, 5.41) is 2.86. The first-order valence-electron chi connectivity index (χ1n) is 8.84. The fraction of sp³-hybridized carbons (Fsp3) is 0.882. The van der Waals surface area contributed by atoms with E-state index < -0.39 is 8.53 Å². The van der Waals surface area contributed by atoms with Crippen LogP contribution in [0.25, 0.3) is 0 Å². The van der Waals surface area contributed by atoms with E-state index in [9.17, 15) is 9.59 Å². The summed E-state index contributed by atoms with van der Waals surface area (Å²) in [7, 11) is 0.402. The van der Waals surface area contributed by atoms with E-state index in [2.05, 4.69) is 37.7 Å². The molecule has 0 saturated carbocycles. The van der Waals surface area contributed by atoms with E-state index in [0.717, 1.165) is 0 Å². The molecule has 1 amide bonds. The predicted octanol–water partition coefficient (Wildman–Crippen LogP) is 3.65. The molecule has 0 bridgehead atoms. The van der Waals surface area contributed by atoms with Gasteiger partial charge in [-0.15, -0.1) is 0 Å². The van der Waals surface area contributed by atoms with Crippen molar-refractivity contribution < 1.29 is 18.6 Å². The summed E-state index contributed by atoms with van der Waals surface area (Å²) in [6.45, 7) is 12.5. The second kappa shape index (κ2) is 12.8. The Kier molecular flexibility index (Phi) is 12.5. The lowest BCUT2D eigenvalue weighted by atomic mass is 10.1. The van der Waals surface area contributed by atoms with Gasteiger partial charge in [0.25, 0.3) is 8.53 Å². The van der Waals surface area contributed by atoms with Crippen LogP contribution in [0, 0.1) is 0 Å². The largest absolute Gasteiger partial charge is 0.353 e. The van der Waals surface area contributed by atoms with E-state index in [0.29, 0.717) is 32.2 Å². The lowest BCUT2D eigenvalue weighted by Gasteiger charge is -2.36. The van der Waals surface area contributed by atoms with Crippen LogP contribution in [0.15, 0.2) is 0 Å². The first-order chi connectivity index (χ1) is 11.3. The van der Waals surface area contributed by atoms with Gasteiger partial charge in [0.1, 0.15) is 5.78 Å². The van der Waals surface area contributed by atoms with Crippen LogP contribution < -0.4 is 5.32 Å². The molecule has 0 aliphatic heterocycles. The van der Waals surface area contributed by atoms with Crippen LogP contribution in [0.3, 0.4) is 0 Å². The third-order valence-electron chi connectivity index (χ3n) is 3.63. The van der Waals surface area contributed by atoms with Crippen molar-refractivity contribution in [1.29, 1.82) is 0 Å². The quantitative estimate of drug-likeness (QED) is 0.507. The molecule has 6 nitrogen and oxygen atoms in total. The standard InChI is InChI=1S/C17H35N2O4P/c1-8-15(20)10-11-16(12-18-17(21)9-2)23-24(22-7)19(13(3)4)14(5)6/h13-14,16H,8-12H2,1-7H3,(H,18,21).